The van der Waals surface area contributed by atoms with Crippen molar-refractivity contribution < 1.29 is 9.21 Å². The van der Waals surface area contributed by atoms with Crippen molar-refractivity contribution in [2.45, 2.75) is 32.7 Å². The molecule has 1 saturated carbocycles. The molecule has 0 spiro atoms. The molecular weight excluding hydrogens is 264 g/mol. The number of carbonyl (C=O) groups excluding carboxylic acids is 1. The van der Waals surface area contributed by atoms with E-state index in [1.165, 1.54) is 10.9 Å². The Hall–Kier alpha value is -1.81. The molecule has 3 rings (SSSR count). The summed E-state index contributed by atoms with van der Waals surface area (Å²) in [5.74, 6) is 1.54. The Morgan fingerprint density at radius 3 is 2.86 bits per heavy atom. The van der Waals surface area contributed by atoms with Crippen molar-refractivity contribution in [1.82, 2.24) is 10.6 Å². The van der Waals surface area contributed by atoms with Gasteiger partial charge in [0.05, 0.1) is 0 Å². The Morgan fingerprint density at radius 2 is 2.10 bits per heavy atom. The number of hydrogen-bond donors (Lipinski definition) is 2. The Labute approximate surface area is 124 Å². The van der Waals surface area contributed by atoms with Gasteiger partial charge >= 0.3 is 0 Å². The number of amides is 1. The quantitative estimate of drug-likeness (QED) is 0.769. The van der Waals surface area contributed by atoms with Crippen molar-refractivity contribution in [3.05, 3.63) is 35.6 Å². The van der Waals surface area contributed by atoms with Gasteiger partial charge in [-0.15, -0.1) is 0 Å². The number of carbonyl (C=O) groups is 1. The minimum absolute atomic E-state index is 0.208. The predicted molar refractivity (Wildman–Crippen MR) is 83.0 cm³/mol. The first-order valence-electron chi connectivity index (χ1n) is 7.77. The lowest BCUT2D eigenvalue weighted by molar-refractivity contribution is -0.122. The van der Waals surface area contributed by atoms with E-state index in [0.29, 0.717) is 6.54 Å². The highest BCUT2D eigenvalue weighted by molar-refractivity contribution is 5.82. The van der Waals surface area contributed by atoms with Crippen LogP contribution in [0.25, 0.3) is 11.0 Å². The van der Waals surface area contributed by atoms with Gasteiger partial charge in [-0.25, -0.2) is 0 Å². The number of aryl methyl sites for hydroxylation is 1. The van der Waals surface area contributed by atoms with Crippen LogP contribution in [0.1, 0.15) is 31.1 Å². The van der Waals surface area contributed by atoms with E-state index in [2.05, 4.69) is 23.6 Å². The van der Waals surface area contributed by atoms with Gasteiger partial charge in [-0.05, 0) is 18.9 Å². The van der Waals surface area contributed by atoms with Crippen molar-refractivity contribution in [2.75, 3.05) is 13.1 Å². The Kier molecular flexibility index (Phi) is 4.25. The molecule has 4 heteroatoms. The number of hydrogen-bond acceptors (Lipinski definition) is 3. The average molecular weight is 286 g/mol. The zero-order valence-electron chi connectivity index (χ0n) is 12.4. The number of benzene rings is 1. The molecule has 0 radical (unpaired) electrons. The van der Waals surface area contributed by atoms with E-state index in [1.54, 1.807) is 0 Å². The van der Waals surface area contributed by atoms with Crippen LogP contribution in [0.4, 0.5) is 0 Å². The summed E-state index contributed by atoms with van der Waals surface area (Å²) in [5, 5.41) is 7.54. The van der Waals surface area contributed by atoms with Gasteiger partial charge in [0.15, 0.2) is 0 Å². The van der Waals surface area contributed by atoms with Crippen molar-refractivity contribution in [1.29, 1.82) is 0 Å². The van der Waals surface area contributed by atoms with Gasteiger partial charge in [-0.1, -0.05) is 25.1 Å². The molecule has 0 bridgehead atoms. The lowest BCUT2D eigenvalue weighted by Crippen LogP contribution is -2.32. The van der Waals surface area contributed by atoms with Crippen LogP contribution < -0.4 is 10.6 Å². The number of furan rings is 1. The Morgan fingerprint density at radius 1 is 1.29 bits per heavy atom. The summed E-state index contributed by atoms with van der Waals surface area (Å²) in [6, 6.07) is 8.14. The Balaban J connectivity index is 1.53. The molecule has 4 nitrogen and oxygen atoms in total. The van der Waals surface area contributed by atoms with Crippen molar-refractivity contribution >= 4 is 16.9 Å². The van der Waals surface area contributed by atoms with Crippen molar-refractivity contribution in [3.63, 3.8) is 0 Å². The molecule has 1 amide bonds. The second-order valence-corrected chi connectivity index (χ2v) is 5.60. The maximum absolute atomic E-state index is 11.5. The van der Waals surface area contributed by atoms with Gasteiger partial charge in [-0.3, -0.25) is 4.79 Å². The van der Waals surface area contributed by atoms with Crippen LogP contribution in [0.15, 0.2) is 28.7 Å². The normalized spacial score (nSPS) is 14.5. The number of rotatable bonds is 7. The first-order valence-corrected chi connectivity index (χ1v) is 7.77. The first-order chi connectivity index (χ1) is 10.3. The fourth-order valence-electron chi connectivity index (χ4n) is 2.61. The van der Waals surface area contributed by atoms with Crippen LogP contribution in [0, 0.1) is 5.92 Å². The monoisotopic (exact) mass is 286 g/mol. The third-order valence-corrected chi connectivity index (χ3v) is 3.95. The van der Waals surface area contributed by atoms with Crippen LogP contribution in [-0.2, 0) is 17.8 Å². The van der Waals surface area contributed by atoms with E-state index >= 15 is 0 Å². The van der Waals surface area contributed by atoms with Crippen LogP contribution in [0.3, 0.4) is 0 Å². The van der Waals surface area contributed by atoms with E-state index < -0.39 is 0 Å². The van der Waals surface area contributed by atoms with E-state index in [4.69, 9.17) is 4.42 Å². The Bertz CT molecular complexity index is 629. The molecule has 0 aliphatic heterocycles. The van der Waals surface area contributed by atoms with Crippen LogP contribution in [-0.4, -0.2) is 19.0 Å². The molecule has 1 aromatic carbocycles. The molecule has 21 heavy (non-hydrogen) atoms. The molecule has 0 unspecified atom stereocenters. The summed E-state index contributed by atoms with van der Waals surface area (Å²) in [7, 11) is 0. The minimum atomic E-state index is 0.208. The molecule has 1 aromatic heterocycles. The molecule has 1 aliphatic rings. The molecule has 0 saturated heterocycles. The smallest absolute Gasteiger partial charge is 0.223 e. The van der Waals surface area contributed by atoms with Crippen LogP contribution >= 0.6 is 0 Å². The molecule has 0 atom stereocenters. The minimum Gasteiger partial charge on any atom is -0.461 e. The molecule has 112 valence electrons. The highest BCUT2D eigenvalue weighted by atomic mass is 16.3. The fourth-order valence-corrected chi connectivity index (χ4v) is 2.61. The van der Waals surface area contributed by atoms with Gasteiger partial charge in [-0.2, -0.15) is 0 Å². The van der Waals surface area contributed by atoms with Gasteiger partial charge in [0.2, 0.25) is 5.91 Å². The predicted octanol–water partition coefficient (Wildman–Crippen LogP) is 2.61. The van der Waals surface area contributed by atoms with E-state index in [0.717, 1.165) is 43.7 Å². The summed E-state index contributed by atoms with van der Waals surface area (Å²) in [6.45, 7) is 4.35. The third-order valence-electron chi connectivity index (χ3n) is 3.95. The summed E-state index contributed by atoms with van der Waals surface area (Å²) >= 11 is 0. The zero-order valence-corrected chi connectivity index (χ0v) is 12.4. The van der Waals surface area contributed by atoms with Gasteiger partial charge in [0.1, 0.15) is 11.3 Å². The molecular formula is C17H22N2O2. The van der Waals surface area contributed by atoms with Crippen molar-refractivity contribution in [2.24, 2.45) is 5.92 Å². The molecule has 1 aliphatic carbocycles. The van der Waals surface area contributed by atoms with Gasteiger partial charge < -0.3 is 15.1 Å². The largest absolute Gasteiger partial charge is 0.461 e. The SMILES string of the molecule is CCc1oc2ccccc2c1CNCCNC(=O)C1CC1. The topological polar surface area (TPSA) is 54.3 Å². The summed E-state index contributed by atoms with van der Waals surface area (Å²) in [5.41, 5.74) is 2.19. The van der Waals surface area contributed by atoms with Gasteiger partial charge in [0, 0.05) is 42.9 Å². The lowest BCUT2D eigenvalue weighted by atomic mass is 10.1. The van der Waals surface area contributed by atoms with E-state index in [9.17, 15) is 4.79 Å². The molecule has 1 heterocycles. The first kappa shape index (κ1) is 14.1. The summed E-state index contributed by atoms with van der Waals surface area (Å²) in [4.78, 5) is 11.5. The third kappa shape index (κ3) is 3.27. The maximum Gasteiger partial charge on any atom is 0.223 e. The van der Waals surface area contributed by atoms with E-state index in [-0.39, 0.29) is 11.8 Å². The molecule has 2 aromatic rings. The lowest BCUT2D eigenvalue weighted by Gasteiger charge is -2.06. The van der Waals surface area contributed by atoms with Crippen LogP contribution in [0.2, 0.25) is 0 Å². The highest BCUT2D eigenvalue weighted by Gasteiger charge is 2.28. The van der Waals surface area contributed by atoms with Crippen LogP contribution in [0.5, 0.6) is 0 Å². The molecule has 2 N–H and O–H groups in total. The summed E-state index contributed by atoms with van der Waals surface area (Å²) in [6.07, 6.45) is 3.00. The highest BCUT2D eigenvalue weighted by Crippen LogP contribution is 2.28. The van der Waals surface area contributed by atoms with Gasteiger partial charge in [0.25, 0.3) is 0 Å². The maximum atomic E-state index is 11.5. The summed E-state index contributed by atoms with van der Waals surface area (Å²) < 4.78 is 5.87. The second kappa shape index (κ2) is 6.31. The number of para-hydroxylation sites is 1. The number of fused-ring (bicyclic) bond motifs is 1. The number of nitrogens with one attached hydrogen (secondary N) is 2. The molecule has 1 fully saturated rings. The standard InChI is InChI=1S/C17H22N2O2/c1-2-15-14(13-5-3-4-6-16(13)21-15)11-18-9-10-19-17(20)12-7-8-12/h3-6,12,18H,2,7-11H2,1H3,(H,19,20). The van der Waals surface area contributed by atoms with Crippen molar-refractivity contribution in [3.8, 4) is 0 Å². The zero-order chi connectivity index (χ0) is 14.7. The average Bonchev–Trinajstić information content (AvgIpc) is 3.29. The van der Waals surface area contributed by atoms with E-state index in [1.807, 2.05) is 18.2 Å². The second-order valence-electron chi connectivity index (χ2n) is 5.60. The fraction of sp³-hybridized carbons (Fsp3) is 0.471.